The Morgan fingerprint density at radius 2 is 1.82 bits per heavy atom. The van der Waals surface area contributed by atoms with Crippen molar-refractivity contribution in [3.63, 3.8) is 0 Å². The molecule has 1 aromatic carbocycles. The molecule has 0 saturated carbocycles. The molecule has 0 fully saturated rings. The van der Waals surface area contributed by atoms with Crippen molar-refractivity contribution in [3.05, 3.63) is 17.7 Å². The van der Waals surface area contributed by atoms with Crippen molar-refractivity contribution in [2.75, 3.05) is 35.0 Å². The Kier molecular flexibility index (Phi) is 7.48. The van der Waals surface area contributed by atoms with Crippen LogP contribution in [0.3, 0.4) is 0 Å². The van der Waals surface area contributed by atoms with Crippen LogP contribution in [-0.4, -0.2) is 47.0 Å². The Morgan fingerprint density at radius 3 is 2.32 bits per heavy atom. The van der Waals surface area contributed by atoms with Crippen LogP contribution in [0.4, 0.5) is 0 Å². The summed E-state index contributed by atoms with van der Waals surface area (Å²) in [6, 6.07) is 3.58. The Balaban J connectivity index is 2.79. The van der Waals surface area contributed by atoms with E-state index in [-0.39, 0.29) is 18.4 Å². The second-order valence-electron chi connectivity index (χ2n) is 4.57. The second-order valence-corrected chi connectivity index (χ2v) is 4.57. The topological polar surface area (TPSA) is 92.0 Å². The maximum absolute atomic E-state index is 11.9. The van der Waals surface area contributed by atoms with Gasteiger partial charge in [0.1, 0.15) is 0 Å². The van der Waals surface area contributed by atoms with Crippen LogP contribution >= 0.6 is 0 Å². The normalized spacial score (nSPS) is 11.7. The molecule has 1 aromatic rings. The van der Waals surface area contributed by atoms with Gasteiger partial charge in [0.05, 0.1) is 33.9 Å². The molecule has 0 radical (unpaired) electrons. The number of nitrogens with two attached hydrogens (primary N) is 1. The highest BCUT2D eigenvalue weighted by Gasteiger charge is 2.17. The standard InChI is InChI=1S/C15H24N2O5/c1-19-11(8-16)7-13(18)17-9-10-5-6-12(20-2)15(22-4)14(10)21-3/h5-6,11H,7-9,16H2,1-4H3,(H,17,18). The van der Waals surface area contributed by atoms with Gasteiger partial charge in [-0.2, -0.15) is 0 Å². The zero-order valence-electron chi connectivity index (χ0n) is 13.5. The van der Waals surface area contributed by atoms with Crippen molar-refractivity contribution in [1.82, 2.24) is 5.32 Å². The van der Waals surface area contributed by atoms with E-state index < -0.39 is 0 Å². The fourth-order valence-corrected chi connectivity index (χ4v) is 2.04. The second kappa shape index (κ2) is 9.11. The highest BCUT2D eigenvalue weighted by atomic mass is 16.5. The first kappa shape index (κ1) is 18.1. The van der Waals surface area contributed by atoms with Crippen molar-refractivity contribution in [1.29, 1.82) is 0 Å². The average Bonchev–Trinajstić information content (AvgIpc) is 2.56. The van der Waals surface area contributed by atoms with Gasteiger partial charge in [-0.25, -0.2) is 0 Å². The molecule has 3 N–H and O–H groups in total. The minimum Gasteiger partial charge on any atom is -0.493 e. The summed E-state index contributed by atoms with van der Waals surface area (Å²) < 4.78 is 21.0. The number of nitrogens with one attached hydrogen (secondary N) is 1. The Hall–Kier alpha value is -1.99. The quantitative estimate of drug-likeness (QED) is 0.697. The monoisotopic (exact) mass is 312 g/mol. The maximum atomic E-state index is 11.9. The lowest BCUT2D eigenvalue weighted by Crippen LogP contribution is -2.32. The minimum atomic E-state index is -0.285. The number of hydrogen-bond donors (Lipinski definition) is 2. The summed E-state index contributed by atoms with van der Waals surface area (Å²) in [6.07, 6.45) is -0.0740. The zero-order valence-corrected chi connectivity index (χ0v) is 13.5. The molecule has 0 saturated heterocycles. The number of ether oxygens (including phenoxy) is 4. The lowest BCUT2D eigenvalue weighted by Gasteiger charge is -2.17. The van der Waals surface area contributed by atoms with Crippen LogP contribution in [-0.2, 0) is 16.1 Å². The number of hydrogen-bond acceptors (Lipinski definition) is 6. The first-order valence-electron chi connectivity index (χ1n) is 6.88. The first-order chi connectivity index (χ1) is 10.6. The lowest BCUT2D eigenvalue weighted by atomic mass is 10.1. The molecule has 0 spiro atoms. The highest BCUT2D eigenvalue weighted by Crippen LogP contribution is 2.39. The number of methoxy groups -OCH3 is 4. The van der Waals surface area contributed by atoms with Crippen LogP contribution in [0.25, 0.3) is 0 Å². The Labute approximate surface area is 130 Å². The van der Waals surface area contributed by atoms with E-state index in [1.54, 1.807) is 13.2 Å². The largest absolute Gasteiger partial charge is 0.493 e. The molecule has 0 aliphatic heterocycles. The number of rotatable bonds is 9. The van der Waals surface area contributed by atoms with E-state index in [2.05, 4.69) is 5.32 Å². The van der Waals surface area contributed by atoms with E-state index in [4.69, 9.17) is 24.7 Å². The number of amides is 1. The summed E-state index contributed by atoms with van der Waals surface area (Å²) in [6.45, 7) is 0.604. The fourth-order valence-electron chi connectivity index (χ4n) is 2.04. The summed E-state index contributed by atoms with van der Waals surface area (Å²) >= 11 is 0. The Morgan fingerprint density at radius 1 is 1.14 bits per heavy atom. The molecule has 1 amide bonds. The smallest absolute Gasteiger partial charge is 0.222 e. The fraction of sp³-hybridized carbons (Fsp3) is 0.533. The van der Waals surface area contributed by atoms with Gasteiger partial charge in [-0.3, -0.25) is 4.79 Å². The van der Waals surface area contributed by atoms with Gasteiger partial charge in [-0.1, -0.05) is 0 Å². The van der Waals surface area contributed by atoms with Crippen molar-refractivity contribution in [3.8, 4) is 17.2 Å². The predicted molar refractivity (Wildman–Crippen MR) is 82.4 cm³/mol. The van der Waals surface area contributed by atoms with E-state index in [1.807, 2.05) is 6.07 Å². The van der Waals surface area contributed by atoms with Gasteiger partial charge < -0.3 is 30.0 Å². The minimum absolute atomic E-state index is 0.144. The van der Waals surface area contributed by atoms with Crippen molar-refractivity contribution < 1.29 is 23.7 Å². The molecule has 0 heterocycles. The first-order valence-corrected chi connectivity index (χ1v) is 6.88. The van der Waals surface area contributed by atoms with Crippen molar-refractivity contribution >= 4 is 5.91 Å². The zero-order chi connectivity index (χ0) is 16.5. The summed E-state index contributed by atoms with van der Waals surface area (Å²) in [5.74, 6) is 1.45. The summed E-state index contributed by atoms with van der Waals surface area (Å²) in [5, 5.41) is 2.81. The number of carbonyl (C=O) groups excluding carboxylic acids is 1. The summed E-state index contributed by atoms with van der Waals surface area (Å²) in [5.41, 5.74) is 6.29. The van der Waals surface area contributed by atoms with Gasteiger partial charge in [-0.15, -0.1) is 0 Å². The molecule has 7 heteroatoms. The lowest BCUT2D eigenvalue weighted by molar-refractivity contribution is -0.123. The van der Waals surface area contributed by atoms with Gasteiger partial charge in [-0.05, 0) is 12.1 Å². The van der Waals surface area contributed by atoms with Gasteiger partial charge in [0.2, 0.25) is 11.7 Å². The molecule has 0 aromatic heterocycles. The third-order valence-electron chi connectivity index (χ3n) is 3.27. The van der Waals surface area contributed by atoms with Crippen LogP contribution in [0.5, 0.6) is 17.2 Å². The van der Waals surface area contributed by atoms with E-state index >= 15 is 0 Å². The van der Waals surface area contributed by atoms with Crippen molar-refractivity contribution in [2.45, 2.75) is 19.1 Å². The summed E-state index contributed by atoms with van der Waals surface area (Å²) in [7, 11) is 6.16. The third kappa shape index (κ3) is 4.51. The van der Waals surface area contributed by atoms with Crippen LogP contribution in [0.15, 0.2) is 12.1 Å². The molecule has 1 atom stereocenters. The van der Waals surface area contributed by atoms with Crippen molar-refractivity contribution in [2.24, 2.45) is 5.73 Å². The van der Waals surface area contributed by atoms with E-state index in [0.29, 0.717) is 30.3 Å². The molecule has 1 rings (SSSR count). The average molecular weight is 312 g/mol. The van der Waals surface area contributed by atoms with E-state index in [1.165, 1.54) is 21.3 Å². The van der Waals surface area contributed by atoms with E-state index in [9.17, 15) is 4.79 Å². The van der Waals surface area contributed by atoms with Crippen LogP contribution < -0.4 is 25.3 Å². The predicted octanol–water partition coefficient (Wildman–Crippen LogP) is 0.692. The Bertz CT molecular complexity index is 489. The molecule has 0 aliphatic carbocycles. The van der Waals surface area contributed by atoms with Gasteiger partial charge in [0, 0.05) is 25.8 Å². The molecule has 0 aliphatic rings. The van der Waals surface area contributed by atoms with Crippen LogP contribution in [0.1, 0.15) is 12.0 Å². The molecular weight excluding hydrogens is 288 g/mol. The molecule has 124 valence electrons. The molecule has 7 nitrogen and oxygen atoms in total. The summed E-state index contributed by atoms with van der Waals surface area (Å²) in [4.78, 5) is 11.9. The van der Waals surface area contributed by atoms with Gasteiger partial charge >= 0.3 is 0 Å². The number of benzene rings is 1. The molecule has 1 unspecified atom stereocenters. The van der Waals surface area contributed by atoms with Crippen LogP contribution in [0, 0.1) is 0 Å². The third-order valence-corrected chi connectivity index (χ3v) is 3.27. The van der Waals surface area contributed by atoms with Crippen LogP contribution in [0.2, 0.25) is 0 Å². The maximum Gasteiger partial charge on any atom is 0.222 e. The number of carbonyl (C=O) groups is 1. The van der Waals surface area contributed by atoms with E-state index in [0.717, 1.165) is 5.56 Å². The molecule has 0 bridgehead atoms. The van der Waals surface area contributed by atoms with Gasteiger partial charge in [0.25, 0.3) is 0 Å². The molecule has 22 heavy (non-hydrogen) atoms. The SMILES string of the molecule is COc1ccc(CNC(=O)CC(CN)OC)c(OC)c1OC. The van der Waals surface area contributed by atoms with Gasteiger partial charge in [0.15, 0.2) is 11.5 Å². The molecular formula is C15H24N2O5. The highest BCUT2D eigenvalue weighted by molar-refractivity contribution is 5.76.